The molecule has 0 saturated carbocycles. The maximum atomic E-state index is 10.7. The van der Waals surface area contributed by atoms with E-state index in [0.29, 0.717) is 0 Å². The predicted molar refractivity (Wildman–Crippen MR) is 72.2 cm³/mol. The normalized spacial score (nSPS) is 10.6. The number of benzene rings is 1. The summed E-state index contributed by atoms with van der Waals surface area (Å²) < 4.78 is 0. The van der Waals surface area contributed by atoms with E-state index in [2.05, 4.69) is 36.2 Å². The SMILES string of the molecule is Cc1ccc(Cc2nc(C)c(CC(=O)O)s2)cc1. The summed E-state index contributed by atoms with van der Waals surface area (Å²) in [5.74, 6) is -0.802. The summed E-state index contributed by atoms with van der Waals surface area (Å²) in [5.41, 5.74) is 3.28. The highest BCUT2D eigenvalue weighted by molar-refractivity contribution is 7.11. The van der Waals surface area contributed by atoms with Gasteiger partial charge in [0.25, 0.3) is 0 Å². The van der Waals surface area contributed by atoms with E-state index in [1.54, 1.807) is 0 Å². The van der Waals surface area contributed by atoms with Gasteiger partial charge in [-0.15, -0.1) is 11.3 Å². The minimum atomic E-state index is -0.802. The van der Waals surface area contributed by atoms with Crippen molar-refractivity contribution in [3.8, 4) is 0 Å². The van der Waals surface area contributed by atoms with Crippen LogP contribution in [0, 0.1) is 13.8 Å². The first-order chi connectivity index (χ1) is 8.54. The summed E-state index contributed by atoms with van der Waals surface area (Å²) in [5, 5.41) is 9.78. The number of carboxylic acids is 1. The highest BCUT2D eigenvalue weighted by Gasteiger charge is 2.11. The van der Waals surface area contributed by atoms with Crippen molar-refractivity contribution in [1.82, 2.24) is 4.98 Å². The molecule has 0 fully saturated rings. The maximum Gasteiger partial charge on any atom is 0.308 e. The van der Waals surface area contributed by atoms with Gasteiger partial charge in [0.1, 0.15) is 0 Å². The van der Waals surface area contributed by atoms with Crippen molar-refractivity contribution in [3.63, 3.8) is 0 Å². The van der Waals surface area contributed by atoms with Crippen molar-refractivity contribution in [3.05, 3.63) is 51.0 Å². The third kappa shape index (κ3) is 3.17. The van der Waals surface area contributed by atoms with E-state index in [1.165, 1.54) is 22.5 Å². The largest absolute Gasteiger partial charge is 0.481 e. The summed E-state index contributed by atoms with van der Waals surface area (Å²) in [6, 6.07) is 8.33. The van der Waals surface area contributed by atoms with Crippen molar-refractivity contribution in [1.29, 1.82) is 0 Å². The van der Waals surface area contributed by atoms with Crippen molar-refractivity contribution in [2.24, 2.45) is 0 Å². The molecular formula is C14H15NO2S. The molecule has 18 heavy (non-hydrogen) atoms. The van der Waals surface area contributed by atoms with Gasteiger partial charge in [0.05, 0.1) is 17.1 Å². The van der Waals surface area contributed by atoms with Crippen molar-refractivity contribution in [2.75, 3.05) is 0 Å². The second-order valence-corrected chi connectivity index (χ2v) is 5.52. The quantitative estimate of drug-likeness (QED) is 0.920. The lowest BCUT2D eigenvalue weighted by Crippen LogP contribution is -1.99. The molecule has 0 aliphatic rings. The first kappa shape index (κ1) is 12.8. The molecule has 0 radical (unpaired) electrons. The zero-order chi connectivity index (χ0) is 13.1. The molecule has 1 heterocycles. The van der Waals surface area contributed by atoms with Crippen molar-refractivity contribution < 1.29 is 9.90 Å². The molecule has 0 atom stereocenters. The van der Waals surface area contributed by atoms with Crippen LogP contribution in [0.2, 0.25) is 0 Å². The summed E-state index contributed by atoms with van der Waals surface area (Å²) in [4.78, 5) is 16.0. The van der Waals surface area contributed by atoms with E-state index in [4.69, 9.17) is 5.11 Å². The first-order valence-electron chi connectivity index (χ1n) is 5.77. The van der Waals surface area contributed by atoms with E-state index in [-0.39, 0.29) is 6.42 Å². The predicted octanol–water partition coefficient (Wildman–Crippen LogP) is 2.98. The van der Waals surface area contributed by atoms with E-state index in [9.17, 15) is 4.79 Å². The number of aryl methyl sites for hydroxylation is 2. The maximum absolute atomic E-state index is 10.7. The summed E-state index contributed by atoms with van der Waals surface area (Å²) in [7, 11) is 0. The van der Waals surface area contributed by atoms with Gasteiger partial charge in [0.2, 0.25) is 0 Å². The lowest BCUT2D eigenvalue weighted by molar-refractivity contribution is -0.136. The van der Waals surface area contributed by atoms with Gasteiger partial charge in [-0.2, -0.15) is 0 Å². The van der Waals surface area contributed by atoms with Gasteiger partial charge in [-0.25, -0.2) is 4.98 Å². The molecule has 1 aromatic carbocycles. The van der Waals surface area contributed by atoms with E-state index >= 15 is 0 Å². The molecular weight excluding hydrogens is 246 g/mol. The fourth-order valence-electron chi connectivity index (χ4n) is 1.75. The van der Waals surface area contributed by atoms with Gasteiger partial charge < -0.3 is 5.11 Å². The molecule has 0 aliphatic carbocycles. The Morgan fingerprint density at radius 1 is 1.28 bits per heavy atom. The van der Waals surface area contributed by atoms with Gasteiger partial charge in [0, 0.05) is 11.3 Å². The van der Waals surface area contributed by atoms with Gasteiger partial charge in [-0.1, -0.05) is 29.8 Å². The number of thiazole rings is 1. The highest BCUT2D eigenvalue weighted by Crippen LogP contribution is 2.21. The van der Waals surface area contributed by atoms with Gasteiger partial charge in [-0.05, 0) is 19.4 Å². The zero-order valence-corrected chi connectivity index (χ0v) is 11.3. The molecule has 0 saturated heterocycles. The number of aromatic nitrogens is 1. The average Bonchev–Trinajstić information content (AvgIpc) is 2.62. The Kier molecular flexibility index (Phi) is 3.77. The second-order valence-electron chi connectivity index (χ2n) is 4.35. The number of carboxylic acid groups (broad SMARTS) is 1. The third-order valence-corrected chi connectivity index (χ3v) is 3.88. The Labute approximate surface area is 110 Å². The summed E-state index contributed by atoms with van der Waals surface area (Å²) in [6.45, 7) is 3.93. The number of carbonyl (C=O) groups is 1. The smallest absolute Gasteiger partial charge is 0.308 e. The Bertz CT molecular complexity index is 558. The number of aliphatic carboxylic acids is 1. The molecule has 0 amide bonds. The van der Waals surface area contributed by atoms with Crippen LogP contribution in [0.15, 0.2) is 24.3 Å². The van der Waals surface area contributed by atoms with E-state index in [0.717, 1.165) is 22.0 Å². The number of nitrogens with zero attached hydrogens (tertiary/aromatic N) is 1. The van der Waals surface area contributed by atoms with E-state index in [1.807, 2.05) is 6.92 Å². The lowest BCUT2D eigenvalue weighted by Gasteiger charge is -1.98. The number of hydrogen-bond donors (Lipinski definition) is 1. The van der Waals surface area contributed by atoms with Gasteiger partial charge >= 0.3 is 5.97 Å². The van der Waals surface area contributed by atoms with Crippen LogP contribution in [0.25, 0.3) is 0 Å². The first-order valence-corrected chi connectivity index (χ1v) is 6.59. The molecule has 0 spiro atoms. The Morgan fingerprint density at radius 2 is 1.94 bits per heavy atom. The van der Waals surface area contributed by atoms with Crippen LogP contribution in [0.5, 0.6) is 0 Å². The Balaban J connectivity index is 2.14. The van der Waals surface area contributed by atoms with Crippen LogP contribution < -0.4 is 0 Å². The van der Waals surface area contributed by atoms with E-state index < -0.39 is 5.97 Å². The monoisotopic (exact) mass is 261 g/mol. The molecule has 0 aliphatic heterocycles. The zero-order valence-electron chi connectivity index (χ0n) is 10.4. The van der Waals surface area contributed by atoms with Crippen LogP contribution in [0.4, 0.5) is 0 Å². The molecule has 94 valence electrons. The highest BCUT2D eigenvalue weighted by atomic mass is 32.1. The van der Waals surface area contributed by atoms with Crippen molar-refractivity contribution >= 4 is 17.3 Å². The lowest BCUT2D eigenvalue weighted by atomic mass is 10.1. The van der Waals surface area contributed by atoms with Crippen LogP contribution in [-0.2, 0) is 17.6 Å². The Hall–Kier alpha value is -1.68. The summed E-state index contributed by atoms with van der Waals surface area (Å²) >= 11 is 1.49. The molecule has 4 heteroatoms. The number of rotatable bonds is 4. The van der Waals surface area contributed by atoms with Crippen LogP contribution in [0.1, 0.15) is 26.7 Å². The minimum absolute atomic E-state index is 0.0669. The average molecular weight is 261 g/mol. The molecule has 1 N–H and O–H groups in total. The molecule has 0 unspecified atom stereocenters. The van der Waals surface area contributed by atoms with Crippen LogP contribution in [0.3, 0.4) is 0 Å². The van der Waals surface area contributed by atoms with Gasteiger partial charge in [-0.3, -0.25) is 4.79 Å². The minimum Gasteiger partial charge on any atom is -0.481 e. The number of hydrogen-bond acceptors (Lipinski definition) is 3. The Morgan fingerprint density at radius 3 is 2.56 bits per heavy atom. The van der Waals surface area contributed by atoms with Gasteiger partial charge in [0.15, 0.2) is 0 Å². The molecule has 0 bridgehead atoms. The fourth-order valence-corrected chi connectivity index (χ4v) is 2.84. The molecule has 1 aromatic heterocycles. The molecule has 2 aromatic rings. The second kappa shape index (κ2) is 5.31. The topological polar surface area (TPSA) is 50.2 Å². The fraction of sp³-hybridized carbons (Fsp3) is 0.286. The standard InChI is InChI=1S/C14H15NO2S/c1-9-3-5-11(6-4-9)7-13-15-10(2)12(18-13)8-14(16)17/h3-6H,7-8H2,1-2H3,(H,16,17). The summed E-state index contributed by atoms with van der Waals surface area (Å²) in [6.07, 6.45) is 0.836. The van der Waals surface area contributed by atoms with Crippen LogP contribution >= 0.6 is 11.3 Å². The van der Waals surface area contributed by atoms with Crippen molar-refractivity contribution in [2.45, 2.75) is 26.7 Å². The third-order valence-electron chi connectivity index (χ3n) is 2.72. The van der Waals surface area contributed by atoms with Crippen LogP contribution in [-0.4, -0.2) is 16.1 Å². The molecule has 3 nitrogen and oxygen atoms in total. The molecule has 2 rings (SSSR count).